The highest BCUT2D eigenvalue weighted by atomic mass is 16.6. The largest absolute Gasteiger partial charge is 0.491 e. The molecule has 2 amide bonds. The van der Waals surface area contributed by atoms with Crippen molar-refractivity contribution in [1.29, 1.82) is 5.26 Å². The summed E-state index contributed by atoms with van der Waals surface area (Å²) >= 11 is 0. The Hall–Kier alpha value is -3.87. The van der Waals surface area contributed by atoms with Crippen LogP contribution < -0.4 is 15.5 Å². The molecule has 2 aromatic carbocycles. The van der Waals surface area contributed by atoms with Crippen LogP contribution in [-0.4, -0.2) is 35.5 Å². The lowest BCUT2D eigenvalue weighted by molar-refractivity contribution is -0.124. The molecule has 0 fully saturated rings. The fraction of sp³-hybridized carbons (Fsp3) is 0.190. The molecule has 0 heterocycles. The minimum atomic E-state index is -0.819. The summed E-state index contributed by atoms with van der Waals surface area (Å²) in [5.74, 6) is -0.302. The predicted molar refractivity (Wildman–Crippen MR) is 107 cm³/mol. The summed E-state index contributed by atoms with van der Waals surface area (Å²) in [4.78, 5) is 23.6. The quantitative estimate of drug-likeness (QED) is 0.282. The van der Waals surface area contributed by atoms with Crippen molar-refractivity contribution in [3.8, 4) is 11.8 Å². The molecule has 1 atom stereocenters. The molecular formula is C21H21N3O6. The number of aliphatic hydroxyl groups excluding tert-OH is 1. The monoisotopic (exact) mass is 411 g/mol. The van der Waals surface area contributed by atoms with Crippen LogP contribution in [0.25, 0.3) is 0 Å². The van der Waals surface area contributed by atoms with Crippen molar-refractivity contribution in [3.05, 3.63) is 71.8 Å². The second-order valence-electron chi connectivity index (χ2n) is 5.93. The van der Waals surface area contributed by atoms with Gasteiger partial charge in [-0.2, -0.15) is 5.26 Å². The first-order chi connectivity index (χ1) is 14.6. The Morgan fingerprint density at radius 1 is 1.17 bits per heavy atom. The van der Waals surface area contributed by atoms with Crippen LogP contribution in [-0.2, 0) is 9.53 Å². The zero-order valence-corrected chi connectivity index (χ0v) is 15.9. The third kappa shape index (κ3) is 6.94. The molecule has 4 N–H and O–H groups in total. The van der Waals surface area contributed by atoms with Crippen LogP contribution in [0.1, 0.15) is 23.7 Å². The Balaban J connectivity index is 2.18. The smallest absolute Gasteiger partial charge is 0.412 e. The molecule has 0 bridgehead atoms. The number of anilines is 1. The summed E-state index contributed by atoms with van der Waals surface area (Å²) in [5.41, 5.74) is 2.91. The molecule has 0 aromatic heterocycles. The lowest BCUT2D eigenvalue weighted by Gasteiger charge is -2.20. The molecule has 0 spiro atoms. The van der Waals surface area contributed by atoms with Gasteiger partial charge in [-0.1, -0.05) is 24.3 Å². The van der Waals surface area contributed by atoms with E-state index < -0.39 is 18.1 Å². The molecule has 2 rings (SSSR count). The van der Waals surface area contributed by atoms with Gasteiger partial charge < -0.3 is 14.6 Å². The van der Waals surface area contributed by atoms with E-state index >= 15 is 0 Å². The van der Waals surface area contributed by atoms with Crippen molar-refractivity contribution >= 4 is 17.7 Å². The highest BCUT2D eigenvalue weighted by Crippen LogP contribution is 2.31. The Morgan fingerprint density at radius 2 is 1.90 bits per heavy atom. The van der Waals surface area contributed by atoms with E-state index in [9.17, 15) is 9.59 Å². The number of hydroxylamine groups is 1. The van der Waals surface area contributed by atoms with E-state index in [4.69, 9.17) is 25.0 Å². The zero-order valence-electron chi connectivity index (χ0n) is 15.9. The highest BCUT2D eigenvalue weighted by Gasteiger charge is 2.20. The second-order valence-corrected chi connectivity index (χ2v) is 5.93. The van der Waals surface area contributed by atoms with E-state index in [1.807, 2.05) is 6.07 Å². The lowest BCUT2D eigenvalue weighted by atomic mass is 10.0. The Bertz CT molecular complexity index is 921. The Labute approximate surface area is 173 Å². The molecule has 156 valence electrons. The first-order valence-corrected chi connectivity index (χ1v) is 8.98. The molecule has 2 aromatic rings. The number of ether oxygens (including phenoxy) is 2. The molecule has 0 aliphatic carbocycles. The van der Waals surface area contributed by atoms with Crippen molar-refractivity contribution < 1.29 is 29.4 Å². The number of amides is 2. The number of rotatable bonds is 9. The standard InChI is InChI=1S/C21H21N3O6/c22-14-15-8-10-16(11-9-15)23-21(27)30-19(6-3-7-20(26)24-28)17-4-1-2-5-18(17)29-13-12-25/h1-5,7-11,19,25,28H,6,12-13H2,(H,23,27)(H,24,26)/b7-3+/t19-/m1/s1. The number of benzene rings is 2. The molecule has 0 aliphatic rings. The summed E-state index contributed by atoms with van der Waals surface area (Å²) in [6.45, 7) is -0.125. The maximum Gasteiger partial charge on any atom is 0.412 e. The van der Waals surface area contributed by atoms with Crippen LogP contribution >= 0.6 is 0 Å². The normalized spacial score (nSPS) is 11.4. The van der Waals surface area contributed by atoms with Crippen molar-refractivity contribution in [2.75, 3.05) is 18.5 Å². The summed E-state index contributed by atoms with van der Waals surface area (Å²) in [5, 5.41) is 29.0. The zero-order chi connectivity index (χ0) is 21.8. The minimum Gasteiger partial charge on any atom is -0.491 e. The predicted octanol–water partition coefficient (Wildman–Crippen LogP) is 2.67. The summed E-state index contributed by atoms with van der Waals surface area (Å²) < 4.78 is 11.0. The number of nitriles is 1. The van der Waals surface area contributed by atoms with E-state index in [1.165, 1.54) is 11.6 Å². The van der Waals surface area contributed by atoms with Crippen LogP contribution in [0.3, 0.4) is 0 Å². The van der Waals surface area contributed by atoms with Gasteiger partial charge in [-0.3, -0.25) is 15.3 Å². The number of carbonyl (C=O) groups is 2. The van der Waals surface area contributed by atoms with E-state index in [0.29, 0.717) is 22.6 Å². The molecule has 0 aliphatic heterocycles. The number of aliphatic hydroxyl groups is 1. The fourth-order valence-electron chi connectivity index (χ4n) is 2.51. The number of hydrogen-bond acceptors (Lipinski definition) is 7. The van der Waals surface area contributed by atoms with Crippen LogP contribution in [0.4, 0.5) is 10.5 Å². The van der Waals surface area contributed by atoms with Gasteiger partial charge in [-0.15, -0.1) is 0 Å². The van der Waals surface area contributed by atoms with Gasteiger partial charge >= 0.3 is 6.09 Å². The number of nitrogens with one attached hydrogen (secondary N) is 2. The van der Waals surface area contributed by atoms with Gasteiger partial charge in [-0.25, -0.2) is 10.3 Å². The number of carbonyl (C=O) groups excluding carboxylic acids is 2. The van der Waals surface area contributed by atoms with E-state index in [-0.39, 0.29) is 19.6 Å². The van der Waals surface area contributed by atoms with E-state index in [2.05, 4.69) is 5.32 Å². The van der Waals surface area contributed by atoms with Crippen LogP contribution in [0.2, 0.25) is 0 Å². The van der Waals surface area contributed by atoms with Gasteiger partial charge in [0.15, 0.2) is 0 Å². The third-order valence-corrected chi connectivity index (χ3v) is 3.85. The summed E-state index contributed by atoms with van der Waals surface area (Å²) in [7, 11) is 0. The van der Waals surface area contributed by atoms with E-state index in [0.717, 1.165) is 6.08 Å². The highest BCUT2D eigenvalue weighted by molar-refractivity contribution is 5.86. The summed E-state index contributed by atoms with van der Waals surface area (Å²) in [6.07, 6.45) is 1.09. The average Bonchev–Trinajstić information content (AvgIpc) is 2.77. The SMILES string of the molecule is N#Cc1ccc(NC(=O)O[C@H](C/C=C/C(=O)NO)c2ccccc2OCCO)cc1. The molecular weight excluding hydrogens is 390 g/mol. The molecule has 9 heteroatoms. The molecule has 0 unspecified atom stereocenters. The minimum absolute atomic E-state index is 0.0595. The number of nitrogens with zero attached hydrogens (tertiary/aromatic N) is 1. The van der Waals surface area contributed by atoms with Crippen LogP contribution in [0, 0.1) is 11.3 Å². The van der Waals surface area contributed by atoms with E-state index in [1.54, 1.807) is 48.5 Å². The van der Waals surface area contributed by atoms with Gasteiger partial charge in [0.1, 0.15) is 18.5 Å². The van der Waals surface area contributed by atoms with Gasteiger partial charge in [-0.05, 0) is 30.3 Å². The molecule has 0 saturated heterocycles. The lowest BCUT2D eigenvalue weighted by Crippen LogP contribution is -2.19. The molecule has 9 nitrogen and oxygen atoms in total. The molecule has 0 radical (unpaired) electrons. The van der Waals surface area contributed by atoms with Crippen LogP contribution in [0.15, 0.2) is 60.7 Å². The number of hydrogen-bond donors (Lipinski definition) is 4. The second kappa shape index (κ2) is 11.9. The van der Waals surface area contributed by atoms with Crippen molar-refractivity contribution in [3.63, 3.8) is 0 Å². The summed E-state index contributed by atoms with van der Waals surface area (Å²) in [6, 6.07) is 15.1. The van der Waals surface area contributed by atoms with Gasteiger partial charge in [0.25, 0.3) is 5.91 Å². The van der Waals surface area contributed by atoms with Gasteiger partial charge in [0.05, 0.1) is 18.2 Å². The first-order valence-electron chi connectivity index (χ1n) is 8.98. The third-order valence-electron chi connectivity index (χ3n) is 3.85. The van der Waals surface area contributed by atoms with Crippen molar-refractivity contribution in [1.82, 2.24) is 5.48 Å². The molecule has 0 saturated carbocycles. The first kappa shape index (κ1) is 22.4. The molecule has 30 heavy (non-hydrogen) atoms. The average molecular weight is 411 g/mol. The topological polar surface area (TPSA) is 141 Å². The Morgan fingerprint density at radius 3 is 2.57 bits per heavy atom. The number of para-hydroxylation sites is 1. The maximum absolute atomic E-state index is 12.4. The van der Waals surface area contributed by atoms with Gasteiger partial charge in [0, 0.05) is 23.7 Å². The van der Waals surface area contributed by atoms with Gasteiger partial charge in [0.2, 0.25) is 0 Å². The van der Waals surface area contributed by atoms with Crippen molar-refractivity contribution in [2.45, 2.75) is 12.5 Å². The maximum atomic E-state index is 12.4. The fourth-order valence-corrected chi connectivity index (χ4v) is 2.51. The van der Waals surface area contributed by atoms with Crippen LogP contribution in [0.5, 0.6) is 5.75 Å². The Kier molecular flexibility index (Phi) is 8.86. The van der Waals surface area contributed by atoms with Crippen molar-refractivity contribution in [2.24, 2.45) is 0 Å².